The molecule has 6 nitrogen and oxygen atoms in total. The number of aromatic nitrogens is 2. The van der Waals surface area contributed by atoms with Crippen LogP contribution in [0.15, 0.2) is 85.2 Å². The first-order chi connectivity index (χ1) is 17.2. The summed E-state index contributed by atoms with van der Waals surface area (Å²) in [6.07, 6.45) is 5.49. The fourth-order valence-corrected chi connectivity index (χ4v) is 3.81. The monoisotopic (exact) mass is 465 g/mol. The maximum atomic E-state index is 13.6. The zero-order valence-electron chi connectivity index (χ0n) is 19.1. The molecule has 2 heterocycles. The average Bonchev–Trinajstić information content (AvgIpc) is 2.90. The van der Waals surface area contributed by atoms with Gasteiger partial charge in [-0.3, -0.25) is 9.78 Å². The second kappa shape index (κ2) is 11.5. The van der Waals surface area contributed by atoms with Crippen LogP contribution < -0.4 is 10.2 Å². The Kier molecular flexibility index (Phi) is 7.77. The van der Waals surface area contributed by atoms with E-state index in [4.69, 9.17) is 4.98 Å². The van der Waals surface area contributed by atoms with Gasteiger partial charge in [0.05, 0.1) is 23.0 Å². The number of nitrogens with one attached hydrogen (secondary N) is 1. The summed E-state index contributed by atoms with van der Waals surface area (Å²) in [6, 6.07) is 23.4. The second-order valence-electron chi connectivity index (χ2n) is 7.94. The van der Waals surface area contributed by atoms with E-state index in [0.717, 1.165) is 17.5 Å². The van der Waals surface area contributed by atoms with Crippen molar-refractivity contribution in [2.45, 2.75) is 12.8 Å². The van der Waals surface area contributed by atoms with E-state index in [-0.39, 0.29) is 5.82 Å². The van der Waals surface area contributed by atoms with Crippen LogP contribution in [0.3, 0.4) is 0 Å². The van der Waals surface area contributed by atoms with Crippen molar-refractivity contribution >= 4 is 17.9 Å². The number of halogens is 1. The number of hydrogen-bond acceptors (Lipinski definition) is 5. The first-order valence-corrected chi connectivity index (χ1v) is 11.3. The van der Waals surface area contributed by atoms with Crippen LogP contribution in [0.1, 0.15) is 16.7 Å². The number of benzene rings is 2. The van der Waals surface area contributed by atoms with E-state index in [0.29, 0.717) is 54.3 Å². The van der Waals surface area contributed by atoms with Gasteiger partial charge >= 0.3 is 0 Å². The largest absolute Gasteiger partial charge is 0.368 e. The van der Waals surface area contributed by atoms with Gasteiger partial charge in [-0.05, 0) is 60.4 Å². The maximum Gasteiger partial charge on any atom is 0.214 e. The van der Waals surface area contributed by atoms with E-state index in [2.05, 4.69) is 16.4 Å². The molecular weight excluding hydrogens is 441 g/mol. The molecule has 0 aliphatic rings. The van der Waals surface area contributed by atoms with Crippen LogP contribution >= 0.6 is 0 Å². The molecule has 0 fully saturated rings. The summed E-state index contributed by atoms with van der Waals surface area (Å²) in [4.78, 5) is 22.5. The lowest BCUT2D eigenvalue weighted by molar-refractivity contribution is -0.107. The van der Waals surface area contributed by atoms with E-state index in [1.807, 2.05) is 42.5 Å². The Morgan fingerprint density at radius 3 is 2.63 bits per heavy atom. The molecule has 2 aromatic carbocycles. The van der Waals surface area contributed by atoms with Gasteiger partial charge in [-0.15, -0.1) is 0 Å². The molecule has 35 heavy (non-hydrogen) atoms. The van der Waals surface area contributed by atoms with Crippen LogP contribution in [0, 0.1) is 17.1 Å². The summed E-state index contributed by atoms with van der Waals surface area (Å²) in [7, 11) is 0. The van der Waals surface area contributed by atoms with Gasteiger partial charge in [0.1, 0.15) is 5.82 Å². The molecule has 0 saturated carbocycles. The minimum atomic E-state index is -0.279. The van der Waals surface area contributed by atoms with Crippen LogP contribution in [0.25, 0.3) is 11.3 Å². The highest BCUT2D eigenvalue weighted by molar-refractivity contribution is 5.83. The summed E-state index contributed by atoms with van der Waals surface area (Å²) >= 11 is 0. The van der Waals surface area contributed by atoms with E-state index in [1.54, 1.807) is 35.5 Å². The zero-order valence-corrected chi connectivity index (χ0v) is 19.1. The lowest BCUT2D eigenvalue weighted by Crippen LogP contribution is -2.25. The number of anilines is 2. The highest BCUT2D eigenvalue weighted by Crippen LogP contribution is 2.29. The molecule has 1 amide bonds. The smallest absolute Gasteiger partial charge is 0.214 e. The van der Waals surface area contributed by atoms with Crippen molar-refractivity contribution in [3.05, 3.63) is 108 Å². The lowest BCUT2D eigenvalue weighted by atomic mass is 10.0. The van der Waals surface area contributed by atoms with Crippen LogP contribution in [-0.2, 0) is 17.6 Å². The summed E-state index contributed by atoms with van der Waals surface area (Å²) in [5, 5.41) is 12.8. The molecular formula is C28H24FN5O. The van der Waals surface area contributed by atoms with Crippen LogP contribution in [0.4, 0.5) is 15.9 Å². The Morgan fingerprint density at radius 1 is 1.00 bits per heavy atom. The molecule has 0 spiro atoms. The number of nitriles is 1. The predicted octanol–water partition coefficient (Wildman–Crippen LogP) is 5.01. The van der Waals surface area contributed by atoms with E-state index in [1.165, 1.54) is 12.1 Å². The second-order valence-corrected chi connectivity index (χ2v) is 7.94. The summed E-state index contributed by atoms with van der Waals surface area (Å²) in [5.41, 5.74) is 4.35. The number of rotatable bonds is 10. The zero-order chi connectivity index (χ0) is 24.5. The first-order valence-electron chi connectivity index (χ1n) is 11.3. The molecule has 1 N–H and O–H groups in total. The molecule has 2 aromatic heterocycles. The Morgan fingerprint density at radius 2 is 1.86 bits per heavy atom. The maximum absolute atomic E-state index is 13.6. The predicted molar refractivity (Wildman–Crippen MR) is 134 cm³/mol. The highest BCUT2D eigenvalue weighted by Gasteiger charge is 2.15. The number of hydrogen-bond donors (Lipinski definition) is 1. The van der Waals surface area contributed by atoms with Crippen LogP contribution in [0.2, 0.25) is 0 Å². The summed E-state index contributed by atoms with van der Waals surface area (Å²) in [5.74, 6) is 0.240. The quantitative estimate of drug-likeness (QED) is 0.333. The van der Waals surface area contributed by atoms with Crippen molar-refractivity contribution in [2.75, 3.05) is 23.3 Å². The highest BCUT2D eigenvalue weighted by atomic mass is 19.1. The van der Waals surface area contributed by atoms with Crippen LogP contribution in [-0.4, -0.2) is 29.5 Å². The molecule has 4 aromatic rings. The van der Waals surface area contributed by atoms with Crippen molar-refractivity contribution < 1.29 is 9.18 Å². The summed E-state index contributed by atoms with van der Waals surface area (Å²) < 4.78 is 13.6. The van der Waals surface area contributed by atoms with E-state index in [9.17, 15) is 14.4 Å². The lowest BCUT2D eigenvalue weighted by Gasteiger charge is -2.22. The summed E-state index contributed by atoms with van der Waals surface area (Å²) in [6.45, 7) is 0.936. The van der Waals surface area contributed by atoms with E-state index >= 15 is 0 Å². The molecule has 0 aliphatic heterocycles. The Bertz CT molecular complexity index is 1340. The molecule has 7 heteroatoms. The average molecular weight is 466 g/mol. The third kappa shape index (κ3) is 6.06. The van der Waals surface area contributed by atoms with Crippen LogP contribution in [0.5, 0.6) is 0 Å². The SMILES string of the molecule is N#Cc1ccccc1-c1ccc(N(C=O)CCc2cccnc2)c(NCCc2cccc(F)c2)n1. The molecule has 0 radical (unpaired) electrons. The third-order valence-corrected chi connectivity index (χ3v) is 5.59. The van der Waals surface area contributed by atoms with Gasteiger partial charge in [-0.25, -0.2) is 9.37 Å². The number of nitrogens with zero attached hydrogens (tertiary/aromatic N) is 4. The van der Waals surface area contributed by atoms with Crippen molar-refractivity contribution in [1.29, 1.82) is 5.26 Å². The molecule has 0 bridgehead atoms. The molecule has 0 aliphatic carbocycles. The normalized spacial score (nSPS) is 10.4. The fourth-order valence-electron chi connectivity index (χ4n) is 3.81. The Balaban J connectivity index is 1.61. The Labute approximate surface area is 203 Å². The fraction of sp³-hybridized carbons (Fsp3) is 0.143. The Hall–Kier alpha value is -4.57. The third-order valence-electron chi connectivity index (χ3n) is 5.59. The number of amides is 1. The molecule has 0 saturated heterocycles. The number of carbonyl (C=O) groups excluding carboxylic acids is 1. The van der Waals surface area contributed by atoms with Gasteiger partial charge in [0.2, 0.25) is 6.41 Å². The van der Waals surface area contributed by atoms with Crippen molar-refractivity contribution in [3.8, 4) is 17.3 Å². The van der Waals surface area contributed by atoms with Crippen molar-refractivity contribution in [3.63, 3.8) is 0 Å². The van der Waals surface area contributed by atoms with Crippen molar-refractivity contribution in [2.24, 2.45) is 0 Å². The van der Waals surface area contributed by atoms with Gasteiger partial charge < -0.3 is 10.2 Å². The number of carbonyl (C=O) groups is 1. The molecule has 0 atom stereocenters. The number of pyridine rings is 2. The van der Waals surface area contributed by atoms with Gasteiger partial charge in [-0.2, -0.15) is 5.26 Å². The molecule has 4 rings (SSSR count). The minimum absolute atomic E-state index is 0.279. The molecule has 174 valence electrons. The minimum Gasteiger partial charge on any atom is -0.368 e. The van der Waals surface area contributed by atoms with Gasteiger partial charge in [0, 0.05) is 31.0 Å². The first kappa shape index (κ1) is 23.6. The van der Waals surface area contributed by atoms with Gasteiger partial charge in [0.15, 0.2) is 5.82 Å². The molecule has 0 unspecified atom stereocenters. The van der Waals surface area contributed by atoms with Crippen molar-refractivity contribution in [1.82, 2.24) is 9.97 Å². The van der Waals surface area contributed by atoms with Gasteiger partial charge in [-0.1, -0.05) is 36.4 Å². The van der Waals surface area contributed by atoms with Gasteiger partial charge in [0.25, 0.3) is 0 Å². The standard InChI is InChI=1S/C28H24FN5O/c29-24-8-3-5-21(17-24)12-15-32-28-27(34(20-35)16-13-22-6-4-14-31-19-22)11-10-26(33-28)25-9-2-1-7-23(25)18-30/h1-11,14,17,19-20H,12-13,15-16H2,(H,32,33). The van der Waals surface area contributed by atoms with E-state index < -0.39 is 0 Å². The topological polar surface area (TPSA) is 81.9 Å².